The van der Waals surface area contributed by atoms with Gasteiger partial charge < -0.3 is 14.4 Å². The van der Waals surface area contributed by atoms with Gasteiger partial charge in [0.15, 0.2) is 12.7 Å². The number of likely N-dealkylation sites (N-methyl/N-ethyl adjacent to an activating group) is 1. The molecule has 4 aromatic rings. The van der Waals surface area contributed by atoms with Crippen LogP contribution in [0.5, 0.6) is 10.9 Å². The van der Waals surface area contributed by atoms with Crippen LogP contribution in [0.2, 0.25) is 5.02 Å². The van der Waals surface area contributed by atoms with Crippen LogP contribution in [-0.4, -0.2) is 42.5 Å². The fraction of sp³-hybridized carbons (Fsp3) is 0.235. The molecule has 230 valence electrons. The fourth-order valence-corrected chi connectivity index (χ4v) is 5.90. The van der Waals surface area contributed by atoms with Crippen molar-refractivity contribution in [3.05, 3.63) is 88.7 Å². The molecule has 2 aliphatic rings. The maximum absolute atomic E-state index is 14.4. The van der Waals surface area contributed by atoms with E-state index in [4.69, 9.17) is 27.5 Å². The number of carbonyl (C=O) groups excluding carboxylic acids is 3. The van der Waals surface area contributed by atoms with Gasteiger partial charge in [-0.3, -0.25) is 14.4 Å². The first-order valence-corrected chi connectivity index (χ1v) is 15.4. The van der Waals surface area contributed by atoms with Crippen LogP contribution < -0.4 is 19.3 Å². The SMILES string of the molecule is C#CC(C)Oc1cc(N2C(=O)C3=C(CCCC3)C2=O)c(F)cc1Cl.CN(C(=O)COc1nc2ccccc2s1)c1ccccc1. The van der Waals surface area contributed by atoms with Crippen LogP contribution in [0, 0.1) is 18.2 Å². The van der Waals surface area contributed by atoms with E-state index in [0.717, 1.165) is 39.7 Å². The molecule has 0 spiro atoms. The van der Waals surface area contributed by atoms with E-state index in [1.54, 1.807) is 18.9 Å². The number of hydrogen-bond acceptors (Lipinski definition) is 7. The number of ether oxygens (including phenoxy) is 2. The molecule has 0 saturated carbocycles. The predicted octanol–water partition coefficient (Wildman–Crippen LogP) is 6.96. The molecule has 45 heavy (non-hydrogen) atoms. The number of fused-ring (bicyclic) bond motifs is 1. The van der Waals surface area contributed by atoms with Gasteiger partial charge in [-0.25, -0.2) is 14.3 Å². The van der Waals surface area contributed by atoms with E-state index < -0.39 is 23.7 Å². The van der Waals surface area contributed by atoms with E-state index in [2.05, 4.69) is 10.9 Å². The highest BCUT2D eigenvalue weighted by molar-refractivity contribution is 7.20. The molecule has 1 unspecified atom stereocenters. The van der Waals surface area contributed by atoms with Gasteiger partial charge in [0.05, 0.1) is 20.9 Å². The van der Waals surface area contributed by atoms with Gasteiger partial charge in [0.25, 0.3) is 22.9 Å². The van der Waals surface area contributed by atoms with Gasteiger partial charge in [-0.15, -0.1) is 6.42 Å². The molecular formula is C34H29ClFN3O5S. The standard InChI is InChI=1S/C18H15ClFNO3.C16H14N2O2S/c1-3-10(2)24-16-9-15(14(20)8-13(16)19)21-17(22)11-6-4-5-7-12(11)18(21)23;1-18(12-7-3-2-4-8-12)15(19)11-20-16-17-13-9-5-6-10-14(13)21-16/h1,8-10H,4-7H2,2H3;2-10H,11H2,1H3. The molecule has 8 nitrogen and oxygen atoms in total. The van der Waals surface area contributed by atoms with Crippen LogP contribution in [-0.2, 0) is 14.4 Å². The van der Waals surface area contributed by atoms with Crippen molar-refractivity contribution in [2.45, 2.75) is 38.7 Å². The van der Waals surface area contributed by atoms with Gasteiger partial charge in [0.2, 0.25) is 0 Å². The molecule has 3 amide bonds. The minimum absolute atomic E-state index is 0.0226. The quantitative estimate of drug-likeness (QED) is 0.159. The third-order valence-electron chi connectivity index (χ3n) is 7.28. The van der Waals surface area contributed by atoms with Gasteiger partial charge in [-0.1, -0.05) is 59.2 Å². The Kier molecular flexibility index (Phi) is 9.81. The summed E-state index contributed by atoms with van der Waals surface area (Å²) in [6.45, 7) is 1.61. The van der Waals surface area contributed by atoms with Crippen molar-refractivity contribution in [2.24, 2.45) is 0 Å². The normalized spacial score (nSPS) is 14.8. The number of amides is 3. The van der Waals surface area contributed by atoms with Crippen LogP contribution in [0.15, 0.2) is 77.9 Å². The van der Waals surface area contributed by atoms with E-state index in [9.17, 15) is 18.8 Å². The van der Waals surface area contributed by atoms with Crippen molar-refractivity contribution in [1.29, 1.82) is 0 Å². The number of imide groups is 1. The number of hydrogen-bond donors (Lipinski definition) is 0. The van der Waals surface area contributed by atoms with Crippen LogP contribution >= 0.6 is 22.9 Å². The number of terminal acetylenes is 1. The first-order valence-electron chi connectivity index (χ1n) is 14.2. The van der Waals surface area contributed by atoms with Gasteiger partial charge >= 0.3 is 0 Å². The zero-order valence-corrected chi connectivity index (χ0v) is 26.2. The number of halogens is 2. The van der Waals surface area contributed by atoms with Gasteiger partial charge in [0.1, 0.15) is 11.6 Å². The third kappa shape index (κ3) is 7.00. The van der Waals surface area contributed by atoms with E-state index >= 15 is 0 Å². The highest BCUT2D eigenvalue weighted by Gasteiger charge is 2.41. The summed E-state index contributed by atoms with van der Waals surface area (Å²) in [6.07, 6.45) is 7.47. The number of aromatic nitrogens is 1. The highest BCUT2D eigenvalue weighted by Crippen LogP contribution is 2.39. The molecule has 3 aromatic carbocycles. The Hall–Kier alpha value is -4.72. The first-order chi connectivity index (χ1) is 21.7. The second-order valence-corrected chi connectivity index (χ2v) is 11.7. The third-order valence-corrected chi connectivity index (χ3v) is 8.53. The molecule has 1 atom stereocenters. The van der Waals surface area contributed by atoms with Crippen LogP contribution in [0.3, 0.4) is 0 Å². The Morgan fingerprint density at radius 1 is 1.09 bits per heavy atom. The molecular weight excluding hydrogens is 617 g/mol. The lowest BCUT2D eigenvalue weighted by atomic mass is 9.93. The monoisotopic (exact) mass is 645 g/mol. The van der Waals surface area contributed by atoms with E-state index in [1.165, 1.54) is 17.4 Å². The highest BCUT2D eigenvalue weighted by atomic mass is 35.5. The summed E-state index contributed by atoms with van der Waals surface area (Å²) in [5.74, 6) is 0.697. The smallest absolute Gasteiger partial charge is 0.274 e. The lowest BCUT2D eigenvalue weighted by Gasteiger charge is -2.19. The Morgan fingerprint density at radius 2 is 1.73 bits per heavy atom. The Labute approximate surface area is 269 Å². The van der Waals surface area contributed by atoms with Crippen LogP contribution in [0.4, 0.5) is 15.8 Å². The number of anilines is 2. The van der Waals surface area contributed by atoms with E-state index in [0.29, 0.717) is 29.2 Å². The molecule has 6 rings (SSSR count). The lowest BCUT2D eigenvalue weighted by Crippen LogP contribution is -2.32. The zero-order valence-electron chi connectivity index (χ0n) is 24.6. The van der Waals surface area contributed by atoms with Gasteiger partial charge in [0, 0.05) is 29.9 Å². The largest absolute Gasteiger partial charge is 0.476 e. The number of carbonyl (C=O) groups is 3. The van der Waals surface area contributed by atoms with E-state index in [1.807, 2.05) is 54.6 Å². The minimum Gasteiger partial charge on any atom is -0.476 e. The Morgan fingerprint density at radius 3 is 2.38 bits per heavy atom. The van der Waals surface area contributed by atoms with Crippen LogP contribution in [0.1, 0.15) is 32.6 Å². The van der Waals surface area contributed by atoms with Gasteiger partial charge in [-0.05, 0) is 62.9 Å². The van der Waals surface area contributed by atoms with E-state index in [-0.39, 0.29) is 29.0 Å². The molecule has 0 radical (unpaired) electrons. The van der Waals surface area contributed by atoms with Crippen molar-refractivity contribution in [1.82, 2.24) is 4.98 Å². The second-order valence-electron chi connectivity index (χ2n) is 10.3. The van der Waals surface area contributed by atoms with Crippen molar-refractivity contribution >= 4 is 62.3 Å². The topological polar surface area (TPSA) is 89.0 Å². The van der Waals surface area contributed by atoms with Gasteiger partial charge in [-0.2, -0.15) is 0 Å². The molecule has 1 aliphatic heterocycles. The zero-order chi connectivity index (χ0) is 32.1. The average molecular weight is 646 g/mol. The summed E-state index contributed by atoms with van der Waals surface area (Å²) in [5, 5.41) is 0.543. The number of para-hydroxylation sites is 2. The van der Waals surface area contributed by atoms with Crippen molar-refractivity contribution in [3.8, 4) is 23.3 Å². The molecule has 0 N–H and O–H groups in total. The first kappa shape index (κ1) is 31.7. The number of thiazole rings is 1. The fourth-order valence-electron chi connectivity index (χ4n) is 4.89. The summed E-state index contributed by atoms with van der Waals surface area (Å²) >= 11 is 7.41. The molecule has 1 aliphatic carbocycles. The molecule has 11 heteroatoms. The summed E-state index contributed by atoms with van der Waals surface area (Å²) in [5.41, 5.74) is 2.54. The molecule has 2 heterocycles. The summed E-state index contributed by atoms with van der Waals surface area (Å²) in [6, 6.07) is 19.5. The summed E-state index contributed by atoms with van der Waals surface area (Å²) in [4.78, 5) is 44.0. The molecule has 0 fully saturated rings. The second kappa shape index (κ2) is 13.9. The number of rotatable bonds is 7. The Balaban J connectivity index is 0.000000179. The molecule has 0 saturated heterocycles. The minimum atomic E-state index is -0.762. The predicted molar refractivity (Wildman–Crippen MR) is 173 cm³/mol. The average Bonchev–Trinajstić information content (AvgIpc) is 3.59. The molecule has 0 bridgehead atoms. The van der Waals surface area contributed by atoms with Crippen molar-refractivity contribution < 1.29 is 28.2 Å². The molecule has 1 aromatic heterocycles. The lowest BCUT2D eigenvalue weighted by molar-refractivity contribution is -0.121. The maximum atomic E-state index is 14.4. The number of nitrogens with zero attached hydrogens (tertiary/aromatic N) is 3. The Bertz CT molecular complexity index is 1770. The van der Waals surface area contributed by atoms with Crippen LogP contribution in [0.25, 0.3) is 10.2 Å². The van der Waals surface area contributed by atoms with Crippen molar-refractivity contribution in [3.63, 3.8) is 0 Å². The summed E-state index contributed by atoms with van der Waals surface area (Å²) in [7, 11) is 1.74. The maximum Gasteiger partial charge on any atom is 0.274 e. The summed E-state index contributed by atoms with van der Waals surface area (Å²) < 4.78 is 26.4. The number of benzene rings is 3. The van der Waals surface area contributed by atoms with Crippen molar-refractivity contribution in [2.75, 3.05) is 23.5 Å².